The molecule has 0 saturated carbocycles. The molecule has 7 nitrogen and oxygen atoms in total. The second-order valence-electron chi connectivity index (χ2n) is 7.71. The molecule has 3 heterocycles. The number of morpholine rings is 1. The van der Waals surface area contributed by atoms with Crippen LogP contribution >= 0.6 is 0 Å². The molecule has 0 aliphatic carbocycles. The highest BCUT2D eigenvalue weighted by atomic mass is 16.5. The Morgan fingerprint density at radius 2 is 2.00 bits per heavy atom. The molecule has 1 aromatic carbocycles. The number of imidazole rings is 1. The van der Waals surface area contributed by atoms with E-state index in [1.54, 1.807) is 13.1 Å². The Labute approximate surface area is 182 Å². The minimum Gasteiger partial charge on any atom is -0.385 e. The normalized spacial score (nSPS) is 15.4. The maximum atomic E-state index is 9.79. The van der Waals surface area contributed by atoms with Crippen LogP contribution in [0.1, 0.15) is 43.0 Å². The van der Waals surface area contributed by atoms with E-state index in [-0.39, 0.29) is 0 Å². The highest BCUT2D eigenvalue weighted by Crippen LogP contribution is 2.22. The lowest BCUT2D eigenvalue weighted by Gasteiger charge is -2.26. The summed E-state index contributed by atoms with van der Waals surface area (Å²) in [6.07, 6.45) is 4.85. The van der Waals surface area contributed by atoms with Crippen molar-refractivity contribution in [1.82, 2.24) is 19.6 Å². The molecule has 0 spiro atoms. The van der Waals surface area contributed by atoms with Gasteiger partial charge in [0.05, 0.1) is 19.8 Å². The van der Waals surface area contributed by atoms with Crippen molar-refractivity contribution in [2.45, 2.75) is 32.4 Å². The third kappa shape index (κ3) is 5.82. The van der Waals surface area contributed by atoms with E-state index in [9.17, 15) is 5.11 Å². The van der Waals surface area contributed by atoms with Crippen LogP contribution in [0.2, 0.25) is 0 Å². The third-order valence-corrected chi connectivity index (χ3v) is 5.29. The van der Waals surface area contributed by atoms with Crippen LogP contribution in [-0.2, 0) is 11.3 Å². The Morgan fingerprint density at radius 1 is 1.19 bits per heavy atom. The van der Waals surface area contributed by atoms with Crippen molar-refractivity contribution in [3.8, 4) is 23.2 Å². The molecular weight excluding hydrogens is 392 g/mol. The summed E-state index contributed by atoms with van der Waals surface area (Å²) in [5, 5.41) is 13.9. The van der Waals surface area contributed by atoms with Crippen molar-refractivity contribution in [3.05, 3.63) is 59.8 Å². The first-order valence-electron chi connectivity index (χ1n) is 10.7. The first kappa shape index (κ1) is 21.3. The second kappa shape index (κ2) is 10.4. The highest BCUT2D eigenvalue weighted by molar-refractivity contribution is 5.59. The quantitative estimate of drug-likeness (QED) is 0.468. The summed E-state index contributed by atoms with van der Waals surface area (Å²) in [7, 11) is 0. The van der Waals surface area contributed by atoms with Crippen LogP contribution < -0.4 is 0 Å². The average molecular weight is 421 g/mol. The molecule has 4 rings (SSSR count). The molecule has 1 fully saturated rings. The summed E-state index contributed by atoms with van der Waals surface area (Å²) < 4.78 is 12.8. The van der Waals surface area contributed by atoms with Crippen LogP contribution in [0.3, 0.4) is 0 Å². The number of ether oxygens (including phenoxy) is 1. The van der Waals surface area contributed by atoms with Gasteiger partial charge in [0.2, 0.25) is 0 Å². The van der Waals surface area contributed by atoms with E-state index in [1.165, 1.54) is 0 Å². The van der Waals surface area contributed by atoms with Crippen LogP contribution in [0.25, 0.3) is 11.3 Å². The summed E-state index contributed by atoms with van der Waals surface area (Å²) in [5.74, 6) is 7.83. The van der Waals surface area contributed by atoms with Gasteiger partial charge in [-0.25, -0.2) is 4.98 Å². The summed E-state index contributed by atoms with van der Waals surface area (Å²) >= 11 is 0. The summed E-state index contributed by atoms with van der Waals surface area (Å²) in [4.78, 5) is 6.61. The number of nitrogens with zero attached hydrogens (tertiary/aromatic N) is 4. The van der Waals surface area contributed by atoms with E-state index in [2.05, 4.69) is 26.9 Å². The zero-order chi connectivity index (χ0) is 21.5. The number of rotatable bonds is 7. The fraction of sp³-hybridized carbons (Fsp3) is 0.417. The van der Waals surface area contributed by atoms with Gasteiger partial charge in [0.25, 0.3) is 0 Å². The molecule has 1 saturated heterocycles. The van der Waals surface area contributed by atoms with Crippen molar-refractivity contribution in [3.63, 3.8) is 0 Å². The molecule has 162 valence electrons. The van der Waals surface area contributed by atoms with Crippen molar-refractivity contribution >= 4 is 0 Å². The minimum atomic E-state index is -0.630. The lowest BCUT2D eigenvalue weighted by Crippen LogP contribution is -2.36. The van der Waals surface area contributed by atoms with Crippen LogP contribution in [-0.4, -0.2) is 57.6 Å². The average Bonchev–Trinajstić information content (AvgIpc) is 3.45. The SMILES string of the molecule is C[C@H](O)c1nccn1Cc1cc(-c2ccc(C#CCCCN3CCOCC3)cc2)on1. The molecule has 3 aromatic rings. The van der Waals surface area contributed by atoms with Gasteiger partial charge < -0.3 is 18.9 Å². The van der Waals surface area contributed by atoms with E-state index < -0.39 is 6.10 Å². The molecule has 7 heteroatoms. The van der Waals surface area contributed by atoms with Gasteiger partial charge in [-0.05, 0) is 44.2 Å². The number of benzene rings is 1. The maximum absolute atomic E-state index is 9.79. The fourth-order valence-electron chi connectivity index (χ4n) is 3.62. The number of aliphatic hydroxyl groups is 1. The number of aliphatic hydroxyl groups excluding tert-OH is 1. The Hall–Kier alpha value is -2.92. The molecule has 0 radical (unpaired) electrons. The van der Waals surface area contributed by atoms with Crippen molar-refractivity contribution in [1.29, 1.82) is 0 Å². The van der Waals surface area contributed by atoms with Gasteiger partial charge in [-0.15, -0.1) is 0 Å². The van der Waals surface area contributed by atoms with Gasteiger partial charge >= 0.3 is 0 Å². The zero-order valence-electron chi connectivity index (χ0n) is 17.8. The highest BCUT2D eigenvalue weighted by Gasteiger charge is 2.12. The molecule has 0 unspecified atom stereocenters. The summed E-state index contributed by atoms with van der Waals surface area (Å²) in [6, 6.07) is 9.93. The van der Waals surface area contributed by atoms with Crippen LogP contribution in [0.4, 0.5) is 0 Å². The van der Waals surface area contributed by atoms with Gasteiger partial charge in [0.1, 0.15) is 17.6 Å². The van der Waals surface area contributed by atoms with Crippen molar-refractivity contribution in [2.75, 3.05) is 32.8 Å². The summed E-state index contributed by atoms with van der Waals surface area (Å²) in [6.45, 7) is 7.03. The molecule has 1 aliphatic rings. The zero-order valence-corrected chi connectivity index (χ0v) is 17.8. The number of hydrogen-bond donors (Lipinski definition) is 1. The smallest absolute Gasteiger partial charge is 0.167 e. The third-order valence-electron chi connectivity index (χ3n) is 5.29. The van der Waals surface area contributed by atoms with Gasteiger partial charge in [0, 0.05) is 49.1 Å². The van der Waals surface area contributed by atoms with Crippen molar-refractivity contribution in [2.24, 2.45) is 0 Å². The second-order valence-corrected chi connectivity index (χ2v) is 7.71. The number of unbranched alkanes of at least 4 members (excludes halogenated alkanes) is 1. The maximum Gasteiger partial charge on any atom is 0.167 e. The Morgan fingerprint density at radius 3 is 2.77 bits per heavy atom. The monoisotopic (exact) mass is 420 g/mol. The minimum absolute atomic E-state index is 0.498. The van der Waals surface area contributed by atoms with Crippen molar-refractivity contribution < 1.29 is 14.4 Å². The van der Waals surface area contributed by atoms with E-state index in [4.69, 9.17) is 9.26 Å². The molecule has 1 atom stereocenters. The predicted molar refractivity (Wildman–Crippen MR) is 117 cm³/mol. The van der Waals surface area contributed by atoms with Gasteiger partial charge in [0.15, 0.2) is 5.76 Å². The molecule has 1 aliphatic heterocycles. The molecule has 2 aromatic heterocycles. The lowest BCUT2D eigenvalue weighted by atomic mass is 10.1. The van der Waals surface area contributed by atoms with Crippen LogP contribution in [0.15, 0.2) is 47.2 Å². The van der Waals surface area contributed by atoms with Gasteiger partial charge in [-0.2, -0.15) is 0 Å². The molecular formula is C24H28N4O3. The Bertz CT molecular complexity index is 1020. The summed E-state index contributed by atoms with van der Waals surface area (Å²) in [5.41, 5.74) is 2.73. The Balaban J connectivity index is 1.30. The van der Waals surface area contributed by atoms with Gasteiger partial charge in [-0.1, -0.05) is 17.0 Å². The first-order chi connectivity index (χ1) is 15.2. The van der Waals surface area contributed by atoms with E-state index in [0.29, 0.717) is 18.1 Å². The fourth-order valence-corrected chi connectivity index (χ4v) is 3.62. The molecule has 31 heavy (non-hydrogen) atoms. The topological polar surface area (TPSA) is 76.6 Å². The van der Waals surface area contributed by atoms with E-state index in [1.807, 2.05) is 41.1 Å². The van der Waals surface area contributed by atoms with E-state index >= 15 is 0 Å². The number of aromatic nitrogens is 3. The Kier molecular flexibility index (Phi) is 7.15. The first-order valence-corrected chi connectivity index (χ1v) is 10.7. The van der Waals surface area contributed by atoms with E-state index in [0.717, 1.165) is 62.5 Å². The standard InChI is InChI=1S/C24H28N4O3/c1-19(29)24-25-10-12-28(24)18-22-17-23(31-26-22)21-8-6-20(7-9-21)5-3-2-4-11-27-13-15-30-16-14-27/h6-10,12,17,19,29H,2,4,11,13-16,18H2,1H3/t19-/m0/s1. The van der Waals surface area contributed by atoms with Gasteiger partial charge in [-0.3, -0.25) is 4.90 Å². The number of hydrogen-bond acceptors (Lipinski definition) is 6. The largest absolute Gasteiger partial charge is 0.385 e. The lowest BCUT2D eigenvalue weighted by molar-refractivity contribution is 0.0376. The molecule has 0 amide bonds. The molecule has 1 N–H and O–H groups in total. The predicted octanol–water partition coefficient (Wildman–Crippen LogP) is 3.10. The van der Waals surface area contributed by atoms with Crippen LogP contribution in [0, 0.1) is 11.8 Å². The molecule has 0 bridgehead atoms. The van der Waals surface area contributed by atoms with Crippen LogP contribution in [0.5, 0.6) is 0 Å².